The summed E-state index contributed by atoms with van der Waals surface area (Å²) in [5.74, 6) is 2.49. The molecule has 0 unspecified atom stereocenters. The summed E-state index contributed by atoms with van der Waals surface area (Å²) in [5.41, 5.74) is 1.31. The van der Waals surface area contributed by atoms with Crippen LogP contribution in [0.4, 0.5) is 0 Å². The number of carbonyl (C=O) groups is 1. The van der Waals surface area contributed by atoms with E-state index in [1.54, 1.807) is 0 Å². The summed E-state index contributed by atoms with van der Waals surface area (Å²) in [6.45, 7) is 7.92. The number of benzene rings is 1. The predicted molar refractivity (Wildman–Crippen MR) is 112 cm³/mol. The molecule has 1 spiro atoms. The second-order valence-corrected chi connectivity index (χ2v) is 9.89. The van der Waals surface area contributed by atoms with Gasteiger partial charge in [-0.3, -0.25) is 9.69 Å². The van der Waals surface area contributed by atoms with E-state index < -0.39 is 0 Å². The second-order valence-electron chi connectivity index (χ2n) is 9.89. The summed E-state index contributed by atoms with van der Waals surface area (Å²) >= 11 is 0. The molecular weight excluding hydrogens is 364 g/mol. The van der Waals surface area contributed by atoms with Crippen LogP contribution < -0.4 is 10.1 Å². The third-order valence-electron chi connectivity index (χ3n) is 7.52. The van der Waals surface area contributed by atoms with Gasteiger partial charge < -0.3 is 14.8 Å². The van der Waals surface area contributed by atoms with Gasteiger partial charge in [-0.15, -0.1) is 0 Å². The van der Waals surface area contributed by atoms with E-state index in [2.05, 4.69) is 42.3 Å². The fourth-order valence-corrected chi connectivity index (χ4v) is 5.96. The molecule has 4 atom stereocenters. The molecule has 4 aliphatic rings. The van der Waals surface area contributed by atoms with Crippen molar-refractivity contribution >= 4 is 5.91 Å². The zero-order valence-corrected chi connectivity index (χ0v) is 17.7. The average molecular weight is 399 g/mol. The Hall–Kier alpha value is -1.59. The molecule has 3 aliphatic heterocycles. The van der Waals surface area contributed by atoms with Gasteiger partial charge >= 0.3 is 0 Å². The quantitative estimate of drug-likeness (QED) is 0.765. The minimum absolute atomic E-state index is 0.0164. The highest BCUT2D eigenvalue weighted by atomic mass is 16.5. The first kappa shape index (κ1) is 19.4. The molecule has 29 heavy (non-hydrogen) atoms. The summed E-state index contributed by atoms with van der Waals surface area (Å²) < 4.78 is 12.4. The third kappa shape index (κ3) is 3.68. The molecule has 3 heterocycles. The number of hydrogen-bond acceptors (Lipinski definition) is 4. The first-order valence-corrected chi connectivity index (χ1v) is 11.5. The van der Waals surface area contributed by atoms with Crippen LogP contribution in [-0.4, -0.2) is 48.3 Å². The van der Waals surface area contributed by atoms with Crippen LogP contribution in [-0.2, 0) is 16.1 Å². The molecule has 2 bridgehead atoms. The van der Waals surface area contributed by atoms with Gasteiger partial charge in [0.25, 0.3) is 0 Å². The van der Waals surface area contributed by atoms with E-state index in [0.717, 1.165) is 51.2 Å². The third-order valence-corrected chi connectivity index (χ3v) is 7.52. The number of fused-ring (bicyclic) bond motifs is 1. The Labute approximate surface area is 174 Å². The van der Waals surface area contributed by atoms with Crippen molar-refractivity contribution < 1.29 is 14.3 Å². The Kier molecular flexibility index (Phi) is 5.07. The fraction of sp³-hybridized carbons (Fsp3) is 0.708. The summed E-state index contributed by atoms with van der Waals surface area (Å²) in [6.07, 6.45) is 6.18. The van der Waals surface area contributed by atoms with Crippen LogP contribution in [0.15, 0.2) is 24.3 Å². The van der Waals surface area contributed by atoms with E-state index in [-0.39, 0.29) is 23.5 Å². The molecule has 1 saturated carbocycles. The van der Waals surface area contributed by atoms with E-state index in [1.807, 2.05) is 6.07 Å². The van der Waals surface area contributed by atoms with Crippen LogP contribution in [0.5, 0.6) is 5.75 Å². The SMILES string of the molecule is CC(C)Oc1cccc(CN2C[C@@H]3[C@H](CNC(=O)C4CCC4)[C@H]4CC[C@]3(C2)O4)c1. The van der Waals surface area contributed by atoms with Crippen LogP contribution in [0.3, 0.4) is 0 Å². The minimum Gasteiger partial charge on any atom is -0.491 e. The van der Waals surface area contributed by atoms with Gasteiger partial charge in [0.1, 0.15) is 5.75 Å². The molecular formula is C24H34N2O3. The maximum absolute atomic E-state index is 12.3. The van der Waals surface area contributed by atoms with Gasteiger partial charge in [-0.25, -0.2) is 0 Å². The lowest BCUT2D eigenvalue weighted by atomic mass is 9.73. The van der Waals surface area contributed by atoms with Crippen LogP contribution in [0.25, 0.3) is 0 Å². The maximum atomic E-state index is 12.3. The monoisotopic (exact) mass is 398 g/mol. The van der Waals surface area contributed by atoms with Crippen molar-refractivity contribution in [3.63, 3.8) is 0 Å². The number of hydrogen-bond donors (Lipinski definition) is 1. The molecule has 3 saturated heterocycles. The summed E-state index contributed by atoms with van der Waals surface area (Å²) in [6, 6.07) is 8.48. The summed E-state index contributed by atoms with van der Waals surface area (Å²) in [7, 11) is 0. The molecule has 5 nitrogen and oxygen atoms in total. The largest absolute Gasteiger partial charge is 0.491 e. The van der Waals surface area contributed by atoms with Crippen LogP contribution in [0.1, 0.15) is 51.5 Å². The molecule has 4 fully saturated rings. The molecule has 5 rings (SSSR count). The molecule has 1 N–H and O–H groups in total. The molecule has 1 aromatic carbocycles. The zero-order valence-electron chi connectivity index (χ0n) is 17.7. The van der Waals surface area contributed by atoms with Gasteiger partial charge in [-0.1, -0.05) is 18.6 Å². The molecule has 5 heteroatoms. The van der Waals surface area contributed by atoms with Crippen molar-refractivity contribution in [3.05, 3.63) is 29.8 Å². The predicted octanol–water partition coefficient (Wildman–Crippen LogP) is 3.37. The molecule has 158 valence electrons. The van der Waals surface area contributed by atoms with Gasteiger partial charge in [-0.05, 0) is 57.2 Å². The van der Waals surface area contributed by atoms with Crippen molar-refractivity contribution in [1.82, 2.24) is 10.2 Å². The second kappa shape index (κ2) is 7.59. The first-order chi connectivity index (χ1) is 14.0. The molecule has 1 aliphatic carbocycles. The van der Waals surface area contributed by atoms with Crippen molar-refractivity contribution in [3.8, 4) is 5.75 Å². The lowest BCUT2D eigenvalue weighted by Gasteiger charge is -2.31. The summed E-state index contributed by atoms with van der Waals surface area (Å²) in [5, 5.41) is 3.26. The van der Waals surface area contributed by atoms with E-state index in [4.69, 9.17) is 9.47 Å². The van der Waals surface area contributed by atoms with Gasteiger partial charge in [-0.2, -0.15) is 0 Å². The van der Waals surface area contributed by atoms with Crippen LogP contribution in [0.2, 0.25) is 0 Å². The van der Waals surface area contributed by atoms with Gasteiger partial charge in [0.15, 0.2) is 0 Å². The molecule has 1 aromatic rings. The Balaban J connectivity index is 1.22. The first-order valence-electron chi connectivity index (χ1n) is 11.5. The summed E-state index contributed by atoms with van der Waals surface area (Å²) in [4.78, 5) is 14.9. The van der Waals surface area contributed by atoms with Crippen molar-refractivity contribution in [2.75, 3.05) is 19.6 Å². The van der Waals surface area contributed by atoms with E-state index in [9.17, 15) is 4.79 Å². The van der Waals surface area contributed by atoms with Crippen molar-refractivity contribution in [1.29, 1.82) is 0 Å². The number of likely N-dealkylation sites (tertiary alicyclic amines) is 1. The highest BCUT2D eigenvalue weighted by molar-refractivity contribution is 5.79. The van der Waals surface area contributed by atoms with Crippen LogP contribution in [0, 0.1) is 17.8 Å². The molecule has 0 aromatic heterocycles. The number of nitrogens with one attached hydrogen (secondary N) is 1. The Bertz CT molecular complexity index is 762. The maximum Gasteiger partial charge on any atom is 0.223 e. The number of amides is 1. The van der Waals surface area contributed by atoms with Crippen molar-refractivity contribution in [2.45, 2.75) is 70.3 Å². The number of ether oxygens (including phenoxy) is 2. The fourth-order valence-electron chi connectivity index (χ4n) is 5.96. The smallest absolute Gasteiger partial charge is 0.223 e. The van der Waals surface area contributed by atoms with E-state index in [0.29, 0.717) is 17.9 Å². The van der Waals surface area contributed by atoms with Crippen LogP contribution >= 0.6 is 0 Å². The van der Waals surface area contributed by atoms with Gasteiger partial charge in [0, 0.05) is 43.9 Å². The highest BCUT2D eigenvalue weighted by Gasteiger charge is 2.62. The molecule has 0 radical (unpaired) electrons. The van der Waals surface area contributed by atoms with E-state index >= 15 is 0 Å². The Morgan fingerprint density at radius 2 is 2.21 bits per heavy atom. The minimum atomic E-state index is 0.0164. The van der Waals surface area contributed by atoms with E-state index in [1.165, 1.54) is 18.4 Å². The lowest BCUT2D eigenvalue weighted by Crippen LogP contribution is -2.44. The van der Waals surface area contributed by atoms with Gasteiger partial charge in [0.2, 0.25) is 5.91 Å². The Morgan fingerprint density at radius 1 is 1.34 bits per heavy atom. The standard InChI is InChI=1S/C24H34N2O3/c1-16(2)28-19-8-3-5-17(11-19)13-26-14-21-20(12-25-23(27)18-6-4-7-18)22-9-10-24(21,15-26)29-22/h3,5,8,11,16,18,20-22H,4,6-7,9-10,12-15H2,1-2H3,(H,25,27)/t20-,21+,22+,24+/m0/s1. The normalized spacial score (nSPS) is 33.7. The average Bonchev–Trinajstić information content (AvgIpc) is 3.26. The number of nitrogens with zero attached hydrogens (tertiary/aromatic N) is 1. The lowest BCUT2D eigenvalue weighted by molar-refractivity contribution is -0.127. The highest BCUT2D eigenvalue weighted by Crippen LogP contribution is 2.54. The topological polar surface area (TPSA) is 50.8 Å². The van der Waals surface area contributed by atoms with Crippen molar-refractivity contribution in [2.24, 2.45) is 17.8 Å². The Morgan fingerprint density at radius 3 is 2.97 bits per heavy atom. The number of carbonyl (C=O) groups excluding carboxylic acids is 1. The number of rotatable bonds is 7. The molecule has 1 amide bonds. The van der Waals surface area contributed by atoms with Gasteiger partial charge in [0.05, 0.1) is 17.8 Å². The zero-order chi connectivity index (χ0) is 20.0.